The van der Waals surface area contributed by atoms with Gasteiger partial charge in [0.25, 0.3) is 0 Å². The van der Waals surface area contributed by atoms with Crippen LogP contribution in [0.3, 0.4) is 0 Å². The Morgan fingerprint density at radius 3 is 2.81 bits per heavy atom. The van der Waals surface area contributed by atoms with Crippen LogP contribution in [0.4, 0.5) is 15.8 Å². The van der Waals surface area contributed by atoms with E-state index in [2.05, 4.69) is 5.32 Å². The van der Waals surface area contributed by atoms with E-state index in [4.69, 9.17) is 10.5 Å². The summed E-state index contributed by atoms with van der Waals surface area (Å²) in [5.74, 6) is -0.875. The molecule has 1 amide bonds. The number of nitrogen functional groups attached to an aromatic ring is 1. The molecule has 0 heterocycles. The number of amides is 1. The monoisotopic (exact) mass is 226 g/mol. The Kier molecular flexibility index (Phi) is 4.25. The van der Waals surface area contributed by atoms with E-state index in [1.54, 1.807) is 0 Å². The standard InChI is InChI=1S/C11H15FN2O2/c1-7(2)16-6-11(15)14-8-3-4-10(13)9(12)5-8/h3-5,7H,6,13H2,1-2H3,(H,14,15). The molecular weight excluding hydrogens is 211 g/mol. The van der Waals surface area contributed by atoms with E-state index in [1.807, 2.05) is 13.8 Å². The molecule has 0 spiro atoms. The maximum absolute atomic E-state index is 13.0. The molecule has 0 aromatic heterocycles. The molecule has 0 aliphatic rings. The first-order valence-electron chi connectivity index (χ1n) is 4.95. The number of nitrogens with two attached hydrogens (primary N) is 1. The van der Waals surface area contributed by atoms with Gasteiger partial charge in [-0.05, 0) is 32.0 Å². The third-order valence-corrected chi connectivity index (χ3v) is 1.83. The van der Waals surface area contributed by atoms with Crippen molar-refractivity contribution in [3.8, 4) is 0 Å². The molecule has 0 radical (unpaired) electrons. The molecule has 0 unspecified atom stereocenters. The molecule has 0 aliphatic carbocycles. The molecule has 0 aliphatic heterocycles. The smallest absolute Gasteiger partial charge is 0.250 e. The predicted octanol–water partition coefficient (Wildman–Crippen LogP) is 1.77. The number of ether oxygens (including phenoxy) is 1. The molecule has 0 atom stereocenters. The van der Waals surface area contributed by atoms with Crippen LogP contribution < -0.4 is 11.1 Å². The lowest BCUT2D eigenvalue weighted by Crippen LogP contribution is -2.20. The van der Waals surface area contributed by atoms with Crippen LogP contribution in [0, 0.1) is 5.82 Å². The molecule has 0 saturated carbocycles. The first kappa shape index (κ1) is 12.4. The lowest BCUT2D eigenvalue weighted by atomic mass is 10.2. The van der Waals surface area contributed by atoms with Crippen molar-refractivity contribution < 1.29 is 13.9 Å². The van der Waals surface area contributed by atoms with Crippen molar-refractivity contribution >= 4 is 17.3 Å². The average Bonchev–Trinajstić information content (AvgIpc) is 2.21. The molecule has 0 saturated heterocycles. The highest BCUT2D eigenvalue weighted by molar-refractivity contribution is 5.91. The summed E-state index contributed by atoms with van der Waals surface area (Å²) in [7, 11) is 0. The maximum Gasteiger partial charge on any atom is 0.250 e. The van der Waals surface area contributed by atoms with Crippen molar-refractivity contribution in [3.05, 3.63) is 24.0 Å². The molecule has 3 N–H and O–H groups in total. The summed E-state index contributed by atoms with van der Waals surface area (Å²) in [6.07, 6.45) is -0.0195. The number of halogens is 1. The van der Waals surface area contributed by atoms with E-state index >= 15 is 0 Å². The minimum Gasteiger partial charge on any atom is -0.396 e. The van der Waals surface area contributed by atoms with E-state index in [9.17, 15) is 9.18 Å². The lowest BCUT2D eigenvalue weighted by Gasteiger charge is -2.08. The second kappa shape index (κ2) is 5.46. The Balaban J connectivity index is 2.53. The number of rotatable bonds is 4. The van der Waals surface area contributed by atoms with Crippen LogP contribution in [0.1, 0.15) is 13.8 Å². The van der Waals surface area contributed by atoms with Gasteiger partial charge in [0.15, 0.2) is 0 Å². The first-order valence-corrected chi connectivity index (χ1v) is 4.95. The summed E-state index contributed by atoms with van der Waals surface area (Å²) in [5.41, 5.74) is 5.72. The Morgan fingerprint density at radius 1 is 1.56 bits per heavy atom. The van der Waals surface area contributed by atoms with Gasteiger partial charge < -0.3 is 15.8 Å². The first-order chi connectivity index (χ1) is 7.49. The van der Waals surface area contributed by atoms with Gasteiger partial charge in [-0.3, -0.25) is 4.79 Å². The van der Waals surface area contributed by atoms with Crippen LogP contribution >= 0.6 is 0 Å². The summed E-state index contributed by atoms with van der Waals surface area (Å²) in [6, 6.07) is 4.10. The normalized spacial score (nSPS) is 10.5. The number of anilines is 2. The number of carbonyl (C=O) groups excluding carboxylic acids is 1. The van der Waals surface area contributed by atoms with Crippen molar-refractivity contribution in [2.24, 2.45) is 0 Å². The van der Waals surface area contributed by atoms with Gasteiger partial charge in [0.1, 0.15) is 12.4 Å². The molecule has 1 rings (SSSR count). The van der Waals surface area contributed by atoms with Crippen molar-refractivity contribution in [1.82, 2.24) is 0 Å². The Bertz CT molecular complexity index is 380. The van der Waals surface area contributed by atoms with Crippen LogP contribution in [0.5, 0.6) is 0 Å². The van der Waals surface area contributed by atoms with Gasteiger partial charge in [-0.1, -0.05) is 0 Å². The van der Waals surface area contributed by atoms with Crippen molar-refractivity contribution in [1.29, 1.82) is 0 Å². The van der Waals surface area contributed by atoms with Gasteiger partial charge in [-0.2, -0.15) is 0 Å². The number of hydrogen-bond acceptors (Lipinski definition) is 3. The summed E-state index contributed by atoms with van der Waals surface area (Å²) in [5, 5.41) is 2.51. The highest BCUT2D eigenvalue weighted by Crippen LogP contribution is 2.15. The lowest BCUT2D eigenvalue weighted by molar-refractivity contribution is -0.121. The minimum atomic E-state index is -0.553. The van der Waals surface area contributed by atoms with Gasteiger partial charge in [-0.15, -0.1) is 0 Å². The van der Waals surface area contributed by atoms with Crippen molar-refractivity contribution in [2.45, 2.75) is 20.0 Å². The topological polar surface area (TPSA) is 64.3 Å². The van der Waals surface area contributed by atoms with Crippen LogP contribution in [0.25, 0.3) is 0 Å². The maximum atomic E-state index is 13.0. The van der Waals surface area contributed by atoms with E-state index in [-0.39, 0.29) is 24.3 Å². The highest BCUT2D eigenvalue weighted by atomic mass is 19.1. The molecule has 0 fully saturated rings. The zero-order valence-electron chi connectivity index (χ0n) is 9.29. The summed E-state index contributed by atoms with van der Waals surface area (Å²) < 4.78 is 18.1. The van der Waals surface area contributed by atoms with Crippen LogP contribution in [0.15, 0.2) is 18.2 Å². The Labute approximate surface area is 93.6 Å². The zero-order valence-corrected chi connectivity index (χ0v) is 9.29. The number of benzene rings is 1. The molecular formula is C11H15FN2O2. The van der Waals surface area contributed by atoms with Gasteiger partial charge >= 0.3 is 0 Å². The van der Waals surface area contributed by atoms with E-state index < -0.39 is 5.82 Å². The third kappa shape index (κ3) is 3.86. The fourth-order valence-corrected chi connectivity index (χ4v) is 1.04. The van der Waals surface area contributed by atoms with Gasteiger partial charge in [0.2, 0.25) is 5.91 Å². The molecule has 0 bridgehead atoms. The quantitative estimate of drug-likeness (QED) is 0.769. The van der Waals surface area contributed by atoms with E-state index in [0.29, 0.717) is 5.69 Å². The Hall–Kier alpha value is -1.62. The summed E-state index contributed by atoms with van der Waals surface area (Å²) in [6.45, 7) is 3.61. The zero-order chi connectivity index (χ0) is 12.1. The van der Waals surface area contributed by atoms with E-state index in [0.717, 1.165) is 0 Å². The van der Waals surface area contributed by atoms with Crippen molar-refractivity contribution in [2.75, 3.05) is 17.7 Å². The fourth-order valence-electron chi connectivity index (χ4n) is 1.04. The predicted molar refractivity (Wildman–Crippen MR) is 60.5 cm³/mol. The summed E-state index contributed by atoms with van der Waals surface area (Å²) >= 11 is 0. The third-order valence-electron chi connectivity index (χ3n) is 1.83. The average molecular weight is 226 g/mol. The second-order valence-electron chi connectivity index (χ2n) is 3.64. The molecule has 1 aromatic carbocycles. The van der Waals surface area contributed by atoms with Crippen molar-refractivity contribution in [3.63, 3.8) is 0 Å². The molecule has 16 heavy (non-hydrogen) atoms. The van der Waals surface area contributed by atoms with Crippen LogP contribution in [-0.2, 0) is 9.53 Å². The largest absolute Gasteiger partial charge is 0.396 e. The molecule has 1 aromatic rings. The summed E-state index contributed by atoms with van der Waals surface area (Å²) in [4.78, 5) is 11.3. The highest BCUT2D eigenvalue weighted by Gasteiger charge is 2.05. The number of carbonyl (C=O) groups is 1. The second-order valence-corrected chi connectivity index (χ2v) is 3.64. The van der Waals surface area contributed by atoms with E-state index in [1.165, 1.54) is 18.2 Å². The number of hydrogen-bond donors (Lipinski definition) is 2. The van der Waals surface area contributed by atoms with Gasteiger partial charge in [0.05, 0.1) is 11.8 Å². The minimum absolute atomic E-state index is 0.0195. The fraction of sp³-hybridized carbons (Fsp3) is 0.364. The molecule has 5 heteroatoms. The Morgan fingerprint density at radius 2 is 2.25 bits per heavy atom. The molecule has 4 nitrogen and oxygen atoms in total. The van der Waals surface area contributed by atoms with Gasteiger partial charge in [0, 0.05) is 5.69 Å². The van der Waals surface area contributed by atoms with Gasteiger partial charge in [-0.25, -0.2) is 4.39 Å². The van der Waals surface area contributed by atoms with Crippen LogP contribution in [0.2, 0.25) is 0 Å². The number of nitrogens with one attached hydrogen (secondary N) is 1. The van der Waals surface area contributed by atoms with Crippen LogP contribution in [-0.4, -0.2) is 18.6 Å². The SMILES string of the molecule is CC(C)OCC(=O)Nc1ccc(N)c(F)c1. The molecule has 88 valence electrons.